The van der Waals surface area contributed by atoms with Crippen LogP contribution in [-0.2, 0) is 19.2 Å². The summed E-state index contributed by atoms with van der Waals surface area (Å²) in [6.07, 6.45) is 3.60. The molecule has 9 heteroatoms. The summed E-state index contributed by atoms with van der Waals surface area (Å²) in [5.74, 6) is -3.99. The van der Waals surface area contributed by atoms with Crippen LogP contribution in [0.4, 0.5) is 17.1 Å². The number of halogens is 2. The van der Waals surface area contributed by atoms with Gasteiger partial charge in [-0.05, 0) is 89.3 Å². The number of imide groups is 1. The maximum Gasteiger partial charge on any atom is 0.238 e. The Morgan fingerprint density at radius 1 is 0.884 bits per heavy atom. The highest BCUT2D eigenvalue weighted by Gasteiger charge is 2.56. The van der Waals surface area contributed by atoms with Crippen LogP contribution in [0.1, 0.15) is 24.3 Å². The van der Waals surface area contributed by atoms with Crippen LogP contribution in [0.2, 0.25) is 5.02 Å². The van der Waals surface area contributed by atoms with Gasteiger partial charge in [0, 0.05) is 45.1 Å². The maximum atomic E-state index is 14.1. The third-order valence-corrected chi connectivity index (χ3v) is 9.64. The van der Waals surface area contributed by atoms with Gasteiger partial charge in [-0.3, -0.25) is 24.1 Å². The second kappa shape index (κ2) is 10.5. The number of phenols is 1. The lowest BCUT2D eigenvalue weighted by Crippen LogP contribution is -2.39. The molecule has 214 valence electrons. The predicted molar refractivity (Wildman–Crippen MR) is 166 cm³/mol. The molecule has 1 fully saturated rings. The largest absolute Gasteiger partial charge is 0.508 e. The SMILES string of the molecule is O=C1C=C(Br)C(=O)C2=C1C(c1cc(Cl)ccc1O)C1=CCC3C(=O)N(c4ccc(Nc5ccccc5)cc4)C(=O)C3C1C2. The van der Waals surface area contributed by atoms with Crippen LogP contribution in [0.3, 0.4) is 0 Å². The Morgan fingerprint density at radius 3 is 2.35 bits per heavy atom. The molecule has 2 amide bonds. The van der Waals surface area contributed by atoms with E-state index in [0.29, 0.717) is 28.3 Å². The van der Waals surface area contributed by atoms with Crippen molar-refractivity contribution in [3.05, 3.63) is 117 Å². The number of carbonyl (C=O) groups excluding carboxylic acids is 4. The second-order valence-corrected chi connectivity index (χ2v) is 12.4. The summed E-state index contributed by atoms with van der Waals surface area (Å²) in [6, 6.07) is 21.4. The molecule has 1 saturated heterocycles. The number of hydrogen-bond donors (Lipinski definition) is 2. The minimum Gasteiger partial charge on any atom is -0.508 e. The third-order valence-electron chi connectivity index (χ3n) is 8.82. The molecule has 1 heterocycles. The molecule has 0 saturated carbocycles. The molecule has 0 aromatic heterocycles. The van der Waals surface area contributed by atoms with E-state index in [0.717, 1.165) is 16.9 Å². The number of hydrogen-bond acceptors (Lipinski definition) is 6. The van der Waals surface area contributed by atoms with Crippen LogP contribution in [0.25, 0.3) is 0 Å². The number of rotatable bonds is 4. The van der Waals surface area contributed by atoms with Gasteiger partial charge in [-0.15, -0.1) is 0 Å². The van der Waals surface area contributed by atoms with Gasteiger partial charge in [0.05, 0.1) is 22.0 Å². The summed E-state index contributed by atoms with van der Waals surface area (Å²) in [4.78, 5) is 55.9. The second-order valence-electron chi connectivity index (χ2n) is 11.1. The van der Waals surface area contributed by atoms with Gasteiger partial charge in [-0.25, -0.2) is 0 Å². The van der Waals surface area contributed by atoms with Gasteiger partial charge in [0.1, 0.15) is 5.75 Å². The maximum absolute atomic E-state index is 14.1. The molecule has 3 aromatic rings. The Balaban J connectivity index is 1.26. The smallest absolute Gasteiger partial charge is 0.238 e. The molecule has 4 unspecified atom stereocenters. The summed E-state index contributed by atoms with van der Waals surface area (Å²) in [6.45, 7) is 0. The first-order valence-electron chi connectivity index (χ1n) is 13.9. The molecule has 4 aliphatic rings. The number of allylic oxidation sites excluding steroid dienone is 6. The van der Waals surface area contributed by atoms with Gasteiger partial charge < -0.3 is 10.4 Å². The van der Waals surface area contributed by atoms with Crippen LogP contribution < -0.4 is 10.2 Å². The summed E-state index contributed by atoms with van der Waals surface area (Å²) >= 11 is 9.55. The number of aromatic hydroxyl groups is 1. The third kappa shape index (κ3) is 4.48. The van der Waals surface area contributed by atoms with Crippen LogP contribution in [0, 0.1) is 17.8 Å². The highest BCUT2D eigenvalue weighted by molar-refractivity contribution is 9.12. The number of benzene rings is 3. The van der Waals surface area contributed by atoms with Gasteiger partial charge in [-0.1, -0.05) is 41.4 Å². The monoisotopic (exact) mass is 654 g/mol. The lowest BCUT2D eigenvalue weighted by molar-refractivity contribution is -0.123. The van der Waals surface area contributed by atoms with Gasteiger partial charge in [0.25, 0.3) is 0 Å². The van der Waals surface area contributed by atoms with Crippen LogP contribution in [0.5, 0.6) is 5.75 Å². The molecule has 1 aliphatic heterocycles. The number of anilines is 3. The average Bonchev–Trinajstić information content (AvgIpc) is 3.26. The van der Waals surface area contributed by atoms with Gasteiger partial charge in [0.15, 0.2) is 11.6 Å². The van der Waals surface area contributed by atoms with Gasteiger partial charge in [-0.2, -0.15) is 0 Å². The van der Waals surface area contributed by atoms with Crippen molar-refractivity contribution < 1.29 is 24.3 Å². The molecule has 0 bridgehead atoms. The first kappa shape index (κ1) is 27.6. The van der Waals surface area contributed by atoms with Crippen molar-refractivity contribution in [2.75, 3.05) is 10.2 Å². The predicted octanol–water partition coefficient (Wildman–Crippen LogP) is 6.76. The zero-order chi connectivity index (χ0) is 30.0. The minimum atomic E-state index is -0.776. The topological polar surface area (TPSA) is 104 Å². The average molecular weight is 656 g/mol. The number of carbonyl (C=O) groups is 4. The normalized spacial score (nSPS) is 24.7. The molecule has 3 aromatic carbocycles. The number of amides is 2. The summed E-state index contributed by atoms with van der Waals surface area (Å²) in [5, 5.41) is 14.6. The Bertz CT molecular complexity index is 1830. The Hall–Kier alpha value is -4.27. The number of ketones is 2. The summed E-state index contributed by atoms with van der Waals surface area (Å²) in [5.41, 5.74) is 3.90. The van der Waals surface area contributed by atoms with E-state index in [1.807, 2.05) is 48.5 Å². The molecule has 7 rings (SSSR count). The molecule has 4 atom stereocenters. The lowest BCUT2D eigenvalue weighted by atomic mass is 9.59. The first-order chi connectivity index (χ1) is 20.7. The van der Waals surface area contributed by atoms with Crippen molar-refractivity contribution in [2.45, 2.75) is 18.8 Å². The zero-order valence-corrected chi connectivity index (χ0v) is 24.9. The van der Waals surface area contributed by atoms with E-state index >= 15 is 0 Å². The quantitative estimate of drug-likeness (QED) is 0.183. The van der Waals surface area contributed by atoms with Crippen molar-refractivity contribution >= 4 is 68.0 Å². The van der Waals surface area contributed by atoms with Crippen molar-refractivity contribution in [1.29, 1.82) is 0 Å². The van der Waals surface area contributed by atoms with Gasteiger partial charge >= 0.3 is 0 Å². The number of nitrogens with zero attached hydrogens (tertiary/aromatic N) is 1. The fraction of sp³-hybridized carbons (Fsp3) is 0.176. The van der Waals surface area contributed by atoms with E-state index in [2.05, 4.69) is 21.2 Å². The van der Waals surface area contributed by atoms with Crippen LogP contribution in [0.15, 0.2) is 106 Å². The van der Waals surface area contributed by atoms with E-state index in [9.17, 15) is 24.3 Å². The zero-order valence-electron chi connectivity index (χ0n) is 22.6. The highest BCUT2D eigenvalue weighted by Crippen LogP contribution is 2.56. The minimum absolute atomic E-state index is 0.0709. The molecular weight excluding hydrogens is 632 g/mol. The van der Waals surface area contributed by atoms with Crippen molar-refractivity contribution in [3.63, 3.8) is 0 Å². The molecule has 0 spiro atoms. The van der Waals surface area contributed by atoms with Crippen molar-refractivity contribution in [2.24, 2.45) is 17.8 Å². The molecule has 2 N–H and O–H groups in total. The van der Waals surface area contributed by atoms with E-state index in [4.69, 9.17) is 11.6 Å². The number of fused-ring (bicyclic) bond motifs is 3. The highest BCUT2D eigenvalue weighted by atomic mass is 79.9. The molecule has 3 aliphatic carbocycles. The number of para-hydroxylation sites is 1. The van der Waals surface area contributed by atoms with Crippen LogP contribution >= 0.6 is 27.5 Å². The molecule has 43 heavy (non-hydrogen) atoms. The Labute approximate surface area is 260 Å². The van der Waals surface area contributed by atoms with E-state index in [1.165, 1.54) is 17.0 Å². The number of Topliss-reactive ketones (excluding diaryl/α,β-unsaturated/α-hetero) is 1. The van der Waals surface area contributed by atoms with E-state index < -0.39 is 23.7 Å². The lowest BCUT2D eigenvalue weighted by Gasteiger charge is -2.42. The van der Waals surface area contributed by atoms with E-state index in [-0.39, 0.29) is 45.6 Å². The molecule has 7 nitrogen and oxygen atoms in total. The van der Waals surface area contributed by atoms with Crippen LogP contribution in [-0.4, -0.2) is 28.5 Å². The first-order valence-corrected chi connectivity index (χ1v) is 15.1. The number of nitrogens with one attached hydrogen (secondary N) is 1. The number of phenolic OH excluding ortho intramolecular Hbond substituents is 1. The van der Waals surface area contributed by atoms with Gasteiger partial charge in [0.2, 0.25) is 11.8 Å². The standard InChI is InChI=1S/C34H24BrClN2O5/c35-26-16-28(40)31-25(32(26)41)15-23-21(29(31)24-14-17(36)6-13-27(24)39)11-12-22-30(23)34(43)38(33(22)42)20-9-7-19(8-10-20)37-18-4-2-1-3-5-18/h1-11,13-14,16,22-23,29-30,37,39H,12,15H2. The fourth-order valence-electron chi connectivity index (χ4n) is 6.96. The summed E-state index contributed by atoms with van der Waals surface area (Å²) < 4.78 is 0.143. The fourth-order valence-corrected chi connectivity index (χ4v) is 7.58. The van der Waals surface area contributed by atoms with Crippen molar-refractivity contribution in [1.82, 2.24) is 0 Å². The molecule has 0 radical (unpaired) electrons. The Kier molecular flexibility index (Phi) is 6.71. The van der Waals surface area contributed by atoms with E-state index in [1.54, 1.807) is 24.3 Å². The summed E-state index contributed by atoms with van der Waals surface area (Å²) in [7, 11) is 0. The molecular formula is C34H24BrClN2O5. The Morgan fingerprint density at radius 2 is 1.60 bits per heavy atom. The van der Waals surface area contributed by atoms with Crippen molar-refractivity contribution in [3.8, 4) is 5.75 Å².